The monoisotopic (exact) mass is 245 g/mol. The van der Waals surface area contributed by atoms with Gasteiger partial charge in [-0.2, -0.15) is 5.26 Å². The molecule has 0 radical (unpaired) electrons. The van der Waals surface area contributed by atoms with Crippen molar-refractivity contribution in [3.05, 3.63) is 22.9 Å². The summed E-state index contributed by atoms with van der Waals surface area (Å²) < 4.78 is 0. The predicted molar refractivity (Wildman–Crippen MR) is 66.5 cm³/mol. The molecule has 0 aliphatic heterocycles. The van der Waals surface area contributed by atoms with Crippen LogP contribution in [0.5, 0.6) is 0 Å². The fourth-order valence-corrected chi connectivity index (χ4v) is 2.20. The first kappa shape index (κ1) is 12.4. The zero-order valence-corrected chi connectivity index (χ0v) is 10.3. The Morgan fingerprint density at radius 1 is 1.61 bits per heavy atom. The van der Waals surface area contributed by atoms with E-state index in [1.54, 1.807) is 11.9 Å². The van der Waals surface area contributed by atoms with E-state index >= 15 is 0 Å². The highest BCUT2D eigenvalue weighted by Crippen LogP contribution is 2.26. The van der Waals surface area contributed by atoms with Crippen molar-refractivity contribution < 1.29 is 9.90 Å². The normalized spacial score (nSPS) is 12.9. The minimum Gasteiger partial charge on any atom is -0.481 e. The lowest BCUT2D eigenvalue weighted by Crippen LogP contribution is -2.23. The number of fused-ring (bicyclic) bond motifs is 1. The van der Waals surface area contributed by atoms with Gasteiger partial charge < -0.3 is 10.0 Å². The van der Waals surface area contributed by atoms with Crippen LogP contribution >= 0.6 is 0 Å². The summed E-state index contributed by atoms with van der Waals surface area (Å²) in [5.74, 6) is -0.249. The van der Waals surface area contributed by atoms with Crippen molar-refractivity contribution in [2.45, 2.75) is 25.7 Å². The lowest BCUT2D eigenvalue weighted by Gasteiger charge is -2.19. The zero-order valence-electron chi connectivity index (χ0n) is 10.3. The molecule has 0 fully saturated rings. The highest BCUT2D eigenvalue weighted by Gasteiger charge is 2.18. The number of carboxylic acids is 1. The Morgan fingerprint density at radius 3 is 3.06 bits per heavy atom. The second kappa shape index (κ2) is 5.05. The van der Waals surface area contributed by atoms with Gasteiger partial charge in [-0.3, -0.25) is 4.79 Å². The topological polar surface area (TPSA) is 77.2 Å². The molecular weight excluding hydrogens is 230 g/mol. The molecule has 0 amide bonds. The third-order valence-electron chi connectivity index (χ3n) is 3.17. The maximum atomic E-state index is 10.6. The fraction of sp³-hybridized carbons (Fsp3) is 0.462. The van der Waals surface area contributed by atoms with Gasteiger partial charge in [-0.15, -0.1) is 0 Å². The lowest BCUT2D eigenvalue weighted by atomic mass is 10.1. The van der Waals surface area contributed by atoms with E-state index < -0.39 is 5.97 Å². The van der Waals surface area contributed by atoms with Gasteiger partial charge in [-0.05, 0) is 30.9 Å². The van der Waals surface area contributed by atoms with E-state index in [9.17, 15) is 4.79 Å². The van der Waals surface area contributed by atoms with Crippen LogP contribution in [0.2, 0.25) is 0 Å². The summed E-state index contributed by atoms with van der Waals surface area (Å²) in [7, 11) is 1.77. The molecule has 1 aromatic heterocycles. The molecule has 0 aromatic carbocycles. The summed E-state index contributed by atoms with van der Waals surface area (Å²) in [6.45, 7) is 0.357. The van der Waals surface area contributed by atoms with E-state index in [0.29, 0.717) is 17.9 Å². The predicted octanol–water partition coefficient (Wildman–Crippen LogP) is 1.35. The number of hydrogen-bond donors (Lipinski definition) is 1. The van der Waals surface area contributed by atoms with Crippen molar-refractivity contribution in [3.63, 3.8) is 0 Å². The SMILES string of the molecule is CN(CCC(=O)O)c1nc2c(cc1C#N)CCC2. The molecule has 94 valence electrons. The van der Waals surface area contributed by atoms with Crippen LogP contribution in [0.25, 0.3) is 0 Å². The van der Waals surface area contributed by atoms with Crippen molar-refractivity contribution in [1.29, 1.82) is 5.26 Å². The van der Waals surface area contributed by atoms with Crippen molar-refractivity contribution in [1.82, 2.24) is 4.98 Å². The van der Waals surface area contributed by atoms with E-state index in [1.165, 1.54) is 0 Å². The molecule has 0 saturated carbocycles. The summed E-state index contributed by atoms with van der Waals surface area (Å²) in [6.07, 6.45) is 3.05. The summed E-state index contributed by atoms with van der Waals surface area (Å²) in [5.41, 5.74) is 2.73. The Kier molecular flexibility index (Phi) is 3.47. The smallest absolute Gasteiger partial charge is 0.305 e. The van der Waals surface area contributed by atoms with Crippen molar-refractivity contribution in [3.8, 4) is 6.07 Å². The Hall–Kier alpha value is -2.09. The number of aromatic nitrogens is 1. The number of nitriles is 1. The van der Waals surface area contributed by atoms with Crippen LogP contribution in [0.4, 0.5) is 5.82 Å². The number of anilines is 1. The number of aryl methyl sites for hydroxylation is 2. The van der Waals surface area contributed by atoms with E-state index in [1.807, 2.05) is 6.07 Å². The standard InChI is InChI=1S/C13H15N3O2/c1-16(6-5-12(17)18)13-10(8-14)7-9-3-2-4-11(9)15-13/h7H,2-6H2,1H3,(H,17,18). The zero-order chi connectivity index (χ0) is 13.1. The van der Waals surface area contributed by atoms with E-state index in [2.05, 4.69) is 11.1 Å². The number of hydrogen-bond acceptors (Lipinski definition) is 4. The number of carbonyl (C=O) groups is 1. The van der Waals surface area contributed by atoms with Crippen LogP contribution in [0, 0.1) is 11.3 Å². The molecule has 1 heterocycles. The van der Waals surface area contributed by atoms with E-state index in [4.69, 9.17) is 10.4 Å². The van der Waals surface area contributed by atoms with Crippen LogP contribution in [0.15, 0.2) is 6.07 Å². The second-order valence-electron chi connectivity index (χ2n) is 4.50. The number of pyridine rings is 1. The number of carboxylic acid groups (broad SMARTS) is 1. The number of aliphatic carboxylic acids is 1. The molecule has 1 N–H and O–H groups in total. The van der Waals surface area contributed by atoms with Crippen LogP contribution < -0.4 is 4.90 Å². The quantitative estimate of drug-likeness (QED) is 0.866. The number of nitrogens with zero attached hydrogens (tertiary/aromatic N) is 3. The molecule has 1 aliphatic carbocycles. The highest BCUT2D eigenvalue weighted by atomic mass is 16.4. The minimum atomic E-state index is -0.846. The van der Waals surface area contributed by atoms with Crippen molar-refractivity contribution in [2.24, 2.45) is 0 Å². The van der Waals surface area contributed by atoms with Crippen LogP contribution in [-0.4, -0.2) is 29.7 Å². The molecule has 5 nitrogen and oxygen atoms in total. The molecule has 0 spiro atoms. The van der Waals surface area contributed by atoms with Gasteiger partial charge in [-0.25, -0.2) is 4.98 Å². The Balaban J connectivity index is 2.26. The molecule has 0 unspecified atom stereocenters. The summed E-state index contributed by atoms with van der Waals surface area (Å²) in [4.78, 5) is 16.8. The third-order valence-corrected chi connectivity index (χ3v) is 3.17. The first-order valence-electron chi connectivity index (χ1n) is 5.97. The largest absolute Gasteiger partial charge is 0.481 e. The Bertz CT molecular complexity index is 520. The average Bonchev–Trinajstić information content (AvgIpc) is 2.81. The molecule has 0 saturated heterocycles. The Morgan fingerprint density at radius 2 is 2.39 bits per heavy atom. The molecule has 18 heavy (non-hydrogen) atoms. The fourth-order valence-electron chi connectivity index (χ4n) is 2.20. The second-order valence-corrected chi connectivity index (χ2v) is 4.50. The lowest BCUT2D eigenvalue weighted by molar-refractivity contribution is -0.136. The molecule has 1 aliphatic rings. The number of rotatable bonds is 4. The van der Waals surface area contributed by atoms with Gasteiger partial charge in [0.05, 0.1) is 12.0 Å². The van der Waals surface area contributed by atoms with Crippen LogP contribution in [0.3, 0.4) is 0 Å². The summed E-state index contributed by atoms with van der Waals surface area (Å²) in [6, 6.07) is 4.03. The van der Waals surface area contributed by atoms with Crippen LogP contribution in [0.1, 0.15) is 29.7 Å². The van der Waals surface area contributed by atoms with Crippen LogP contribution in [-0.2, 0) is 17.6 Å². The Labute approximate surface area is 106 Å². The average molecular weight is 245 g/mol. The van der Waals surface area contributed by atoms with Gasteiger partial charge in [0.25, 0.3) is 0 Å². The highest BCUT2D eigenvalue weighted by molar-refractivity contribution is 5.68. The molecule has 2 rings (SSSR count). The molecular formula is C13H15N3O2. The van der Waals surface area contributed by atoms with Gasteiger partial charge in [0.15, 0.2) is 0 Å². The van der Waals surface area contributed by atoms with E-state index in [-0.39, 0.29) is 6.42 Å². The molecule has 1 aromatic rings. The van der Waals surface area contributed by atoms with Gasteiger partial charge in [0.1, 0.15) is 11.9 Å². The first-order chi connectivity index (χ1) is 8.61. The van der Waals surface area contributed by atoms with Crippen molar-refractivity contribution >= 4 is 11.8 Å². The first-order valence-corrected chi connectivity index (χ1v) is 5.97. The van der Waals surface area contributed by atoms with Gasteiger partial charge in [-0.1, -0.05) is 0 Å². The van der Waals surface area contributed by atoms with Gasteiger partial charge >= 0.3 is 5.97 Å². The van der Waals surface area contributed by atoms with E-state index in [0.717, 1.165) is 30.5 Å². The molecule has 0 bridgehead atoms. The van der Waals surface area contributed by atoms with Gasteiger partial charge in [0, 0.05) is 19.3 Å². The maximum Gasteiger partial charge on any atom is 0.305 e. The minimum absolute atomic E-state index is 0.0418. The molecule has 0 atom stereocenters. The van der Waals surface area contributed by atoms with Gasteiger partial charge in [0.2, 0.25) is 0 Å². The molecule has 5 heteroatoms. The summed E-state index contributed by atoms with van der Waals surface area (Å²) >= 11 is 0. The third kappa shape index (κ3) is 2.43. The van der Waals surface area contributed by atoms with Crippen molar-refractivity contribution in [2.75, 3.05) is 18.5 Å². The summed E-state index contributed by atoms with van der Waals surface area (Å²) in [5, 5.41) is 17.8. The maximum absolute atomic E-state index is 10.6.